The summed E-state index contributed by atoms with van der Waals surface area (Å²) in [6, 6.07) is 0. The van der Waals surface area contributed by atoms with Crippen LogP contribution in [-0.2, 0) is 0 Å². The first-order chi connectivity index (χ1) is 14.7. The van der Waals surface area contributed by atoms with Gasteiger partial charge in [-0.15, -0.1) is 0 Å². The van der Waals surface area contributed by atoms with Crippen molar-refractivity contribution in [1.29, 1.82) is 0 Å². The highest BCUT2D eigenvalue weighted by atomic mass is 79.9. The van der Waals surface area contributed by atoms with Gasteiger partial charge in [0.25, 0.3) is 0 Å². The molecule has 0 rings (SSSR count). The lowest BCUT2D eigenvalue weighted by molar-refractivity contribution is -0.00000688. The third kappa shape index (κ3) is 22.5. The molecule has 0 fully saturated rings. The summed E-state index contributed by atoms with van der Waals surface area (Å²) < 4.78 is 0. The average molecular weight is 522 g/mol. The standard InChI is InChI=1S/C29H62P.BrH/c1-5-9-13-14-15-16-17-18-19-20-21-22-23-24-25-29-30(26-10-6-2,27-11-7-3)28-12-8-4;/h5-29H2,1-4H3;1H/q+1;/p-1. The molecule has 0 aromatic rings. The van der Waals surface area contributed by atoms with Gasteiger partial charge in [-0.2, -0.15) is 0 Å². The minimum Gasteiger partial charge on any atom is -1.00 e. The zero-order valence-corrected chi connectivity index (χ0v) is 25.0. The van der Waals surface area contributed by atoms with Crippen LogP contribution in [0.1, 0.15) is 163 Å². The Kier molecular flexibility index (Phi) is 29.9. The number of hydrogen-bond acceptors (Lipinski definition) is 0. The largest absolute Gasteiger partial charge is 1.00 e. The normalized spacial score (nSPS) is 11.6. The molecule has 190 valence electrons. The van der Waals surface area contributed by atoms with Gasteiger partial charge in [0.15, 0.2) is 0 Å². The summed E-state index contributed by atoms with van der Waals surface area (Å²) in [7, 11) is -0.632. The smallest absolute Gasteiger partial charge is 0.0594 e. The monoisotopic (exact) mass is 520 g/mol. The average Bonchev–Trinajstić information content (AvgIpc) is 2.77. The molecule has 0 aliphatic heterocycles. The first-order valence-electron chi connectivity index (χ1n) is 14.6. The molecule has 0 aliphatic carbocycles. The fraction of sp³-hybridized carbons (Fsp3) is 1.00. The SMILES string of the molecule is CCCCCCCCCCCCCCCCC[P+](CCCC)(CCCC)CCCC.[Br-]. The predicted octanol–water partition coefficient (Wildman–Crippen LogP) is 8.28. The van der Waals surface area contributed by atoms with Crippen molar-refractivity contribution in [2.24, 2.45) is 0 Å². The zero-order chi connectivity index (χ0) is 22.2. The maximum Gasteiger partial charge on any atom is 0.0594 e. The Bertz CT molecular complexity index is 296. The van der Waals surface area contributed by atoms with Crippen LogP contribution < -0.4 is 17.0 Å². The van der Waals surface area contributed by atoms with Gasteiger partial charge < -0.3 is 17.0 Å². The molecule has 2 heteroatoms. The van der Waals surface area contributed by atoms with Crippen molar-refractivity contribution in [3.63, 3.8) is 0 Å². The molecule has 0 heterocycles. The van der Waals surface area contributed by atoms with Crippen molar-refractivity contribution in [2.45, 2.75) is 163 Å². The Hall–Kier alpha value is 0.910. The van der Waals surface area contributed by atoms with Gasteiger partial charge >= 0.3 is 0 Å². The molecule has 0 amide bonds. The summed E-state index contributed by atoms with van der Waals surface area (Å²) in [4.78, 5) is 0. The highest BCUT2D eigenvalue weighted by molar-refractivity contribution is 7.75. The van der Waals surface area contributed by atoms with Crippen molar-refractivity contribution < 1.29 is 17.0 Å². The summed E-state index contributed by atoms with van der Waals surface area (Å²) >= 11 is 0. The second kappa shape index (κ2) is 27.2. The van der Waals surface area contributed by atoms with E-state index in [1.54, 1.807) is 31.1 Å². The summed E-state index contributed by atoms with van der Waals surface area (Å²) in [6.45, 7) is 9.48. The number of rotatable bonds is 25. The Labute approximate surface area is 211 Å². The van der Waals surface area contributed by atoms with Crippen LogP contribution in [0.2, 0.25) is 0 Å². The van der Waals surface area contributed by atoms with Gasteiger partial charge in [0, 0.05) is 7.26 Å². The molecule has 0 nitrogen and oxygen atoms in total. The van der Waals surface area contributed by atoms with E-state index >= 15 is 0 Å². The Balaban J connectivity index is 0. The van der Waals surface area contributed by atoms with Crippen LogP contribution in [0.3, 0.4) is 0 Å². The van der Waals surface area contributed by atoms with Crippen molar-refractivity contribution in [3.8, 4) is 0 Å². The lowest BCUT2D eigenvalue weighted by atomic mass is 10.0. The van der Waals surface area contributed by atoms with E-state index in [2.05, 4.69) is 27.7 Å². The van der Waals surface area contributed by atoms with Crippen LogP contribution in [0.4, 0.5) is 0 Å². The summed E-state index contributed by atoms with van der Waals surface area (Å²) in [6.07, 6.45) is 37.5. The van der Waals surface area contributed by atoms with Crippen molar-refractivity contribution in [2.75, 3.05) is 24.6 Å². The summed E-state index contributed by atoms with van der Waals surface area (Å²) in [5.74, 6) is 0. The van der Waals surface area contributed by atoms with Gasteiger partial charge in [0.05, 0.1) is 24.6 Å². The maximum atomic E-state index is 2.39. The quantitative estimate of drug-likeness (QED) is 0.0838. The lowest BCUT2D eigenvalue weighted by Gasteiger charge is -2.28. The molecular formula is C29H62BrP. The number of hydrogen-bond donors (Lipinski definition) is 0. The molecular weight excluding hydrogens is 459 g/mol. The second-order valence-corrected chi connectivity index (χ2v) is 14.7. The van der Waals surface area contributed by atoms with Crippen molar-refractivity contribution in [3.05, 3.63) is 0 Å². The Morgan fingerprint density at radius 3 is 0.806 bits per heavy atom. The molecule has 0 unspecified atom stereocenters. The summed E-state index contributed by atoms with van der Waals surface area (Å²) in [5.41, 5.74) is 0. The van der Waals surface area contributed by atoms with Gasteiger partial charge in [0.2, 0.25) is 0 Å². The third-order valence-corrected chi connectivity index (χ3v) is 12.3. The van der Waals surface area contributed by atoms with Crippen molar-refractivity contribution in [1.82, 2.24) is 0 Å². The predicted molar refractivity (Wildman–Crippen MR) is 146 cm³/mol. The molecule has 0 radical (unpaired) electrons. The van der Waals surface area contributed by atoms with Crippen LogP contribution in [0.15, 0.2) is 0 Å². The summed E-state index contributed by atoms with van der Waals surface area (Å²) in [5, 5.41) is 0. The zero-order valence-electron chi connectivity index (χ0n) is 22.5. The molecule has 0 saturated carbocycles. The van der Waals surface area contributed by atoms with Crippen LogP contribution in [0, 0.1) is 0 Å². The molecule has 0 N–H and O–H groups in total. The topological polar surface area (TPSA) is 0 Å². The van der Waals surface area contributed by atoms with Gasteiger partial charge in [-0.05, 0) is 32.1 Å². The van der Waals surface area contributed by atoms with E-state index in [9.17, 15) is 0 Å². The molecule has 0 aromatic carbocycles. The lowest BCUT2D eigenvalue weighted by Crippen LogP contribution is -3.00. The molecule has 0 bridgehead atoms. The van der Waals surface area contributed by atoms with E-state index in [-0.39, 0.29) is 17.0 Å². The number of unbranched alkanes of at least 4 members (excludes halogenated alkanes) is 17. The maximum absolute atomic E-state index is 2.39. The van der Waals surface area contributed by atoms with E-state index in [0.29, 0.717) is 0 Å². The van der Waals surface area contributed by atoms with Crippen LogP contribution in [0.25, 0.3) is 0 Å². The first kappa shape index (κ1) is 34.1. The minimum absolute atomic E-state index is 0. The fourth-order valence-electron chi connectivity index (χ4n) is 4.97. The molecule has 0 saturated heterocycles. The molecule has 0 atom stereocenters. The van der Waals surface area contributed by atoms with Crippen LogP contribution in [-0.4, -0.2) is 24.6 Å². The fourth-order valence-corrected chi connectivity index (χ4v) is 10.2. The van der Waals surface area contributed by atoms with Gasteiger partial charge in [-0.1, -0.05) is 130 Å². The Morgan fingerprint density at radius 2 is 0.516 bits per heavy atom. The second-order valence-electron chi connectivity index (χ2n) is 10.2. The Morgan fingerprint density at radius 1 is 0.290 bits per heavy atom. The molecule has 0 aliphatic rings. The van der Waals surface area contributed by atoms with Gasteiger partial charge in [-0.3, -0.25) is 0 Å². The highest BCUT2D eigenvalue weighted by Crippen LogP contribution is 2.61. The minimum atomic E-state index is -0.632. The van der Waals surface area contributed by atoms with Crippen molar-refractivity contribution >= 4 is 7.26 Å². The molecule has 0 spiro atoms. The van der Waals surface area contributed by atoms with E-state index in [0.717, 1.165) is 0 Å². The van der Waals surface area contributed by atoms with Crippen LogP contribution in [0.5, 0.6) is 0 Å². The molecule has 0 aromatic heterocycles. The third-order valence-electron chi connectivity index (χ3n) is 7.19. The van der Waals surface area contributed by atoms with E-state index in [1.807, 2.05) is 0 Å². The van der Waals surface area contributed by atoms with Crippen LogP contribution >= 0.6 is 7.26 Å². The highest BCUT2D eigenvalue weighted by Gasteiger charge is 2.34. The van der Waals surface area contributed by atoms with Gasteiger partial charge in [-0.25, -0.2) is 0 Å². The molecule has 31 heavy (non-hydrogen) atoms. The van der Waals surface area contributed by atoms with Gasteiger partial charge in [0.1, 0.15) is 0 Å². The van der Waals surface area contributed by atoms with E-state index < -0.39 is 7.26 Å². The first-order valence-corrected chi connectivity index (χ1v) is 17.1. The van der Waals surface area contributed by atoms with E-state index in [1.165, 1.54) is 128 Å². The number of halogens is 1. The van der Waals surface area contributed by atoms with E-state index in [4.69, 9.17) is 0 Å².